The molecule has 0 bridgehead atoms. The molecule has 4 rings (SSSR count). The SMILES string of the molecule is Cc1ccnn1-c1ccc(C(=O)O[C@H](C)C(=O)Nc2cccc3ccccc23)cc1. The number of nitrogens with zero attached hydrogens (tertiary/aromatic N) is 2. The van der Waals surface area contributed by atoms with Crippen LogP contribution in [0.4, 0.5) is 5.69 Å². The molecule has 3 aromatic carbocycles. The number of carbonyl (C=O) groups is 2. The first-order valence-corrected chi connectivity index (χ1v) is 9.63. The summed E-state index contributed by atoms with van der Waals surface area (Å²) in [6.07, 6.45) is 0.776. The first-order valence-electron chi connectivity index (χ1n) is 9.63. The molecule has 6 heteroatoms. The number of rotatable bonds is 5. The molecule has 1 N–H and O–H groups in total. The van der Waals surface area contributed by atoms with Crippen molar-refractivity contribution in [1.82, 2.24) is 9.78 Å². The minimum atomic E-state index is -0.940. The van der Waals surface area contributed by atoms with E-state index in [2.05, 4.69) is 10.4 Å². The molecule has 0 aliphatic rings. The summed E-state index contributed by atoms with van der Waals surface area (Å²) >= 11 is 0. The van der Waals surface area contributed by atoms with Crippen molar-refractivity contribution in [2.75, 3.05) is 5.32 Å². The van der Waals surface area contributed by atoms with Crippen molar-refractivity contribution in [3.05, 3.63) is 90.3 Å². The lowest BCUT2D eigenvalue weighted by atomic mass is 10.1. The molecule has 1 heterocycles. The van der Waals surface area contributed by atoms with Crippen LogP contribution in [0.1, 0.15) is 23.0 Å². The summed E-state index contributed by atoms with van der Waals surface area (Å²) in [5, 5.41) is 9.04. The quantitative estimate of drug-likeness (QED) is 0.501. The number of fused-ring (bicyclic) bond motifs is 1. The van der Waals surface area contributed by atoms with Gasteiger partial charge in [0, 0.05) is 23.0 Å². The summed E-state index contributed by atoms with van der Waals surface area (Å²) in [6, 6.07) is 22.2. The lowest BCUT2D eigenvalue weighted by molar-refractivity contribution is -0.123. The molecule has 0 fully saturated rings. The molecule has 150 valence electrons. The van der Waals surface area contributed by atoms with Crippen molar-refractivity contribution >= 4 is 28.3 Å². The van der Waals surface area contributed by atoms with Crippen molar-refractivity contribution in [1.29, 1.82) is 0 Å². The first kappa shape index (κ1) is 19.4. The third-order valence-electron chi connectivity index (χ3n) is 4.88. The maximum absolute atomic E-state index is 12.6. The first-order chi connectivity index (χ1) is 14.5. The van der Waals surface area contributed by atoms with Gasteiger partial charge in [0.1, 0.15) is 0 Å². The van der Waals surface area contributed by atoms with E-state index in [1.54, 1.807) is 42.1 Å². The summed E-state index contributed by atoms with van der Waals surface area (Å²) in [7, 11) is 0. The predicted molar refractivity (Wildman–Crippen MR) is 116 cm³/mol. The van der Waals surface area contributed by atoms with Crippen molar-refractivity contribution in [2.45, 2.75) is 20.0 Å². The number of carbonyl (C=O) groups excluding carboxylic acids is 2. The van der Waals surface area contributed by atoms with Gasteiger partial charge in [0.25, 0.3) is 5.91 Å². The molecule has 0 radical (unpaired) electrons. The van der Waals surface area contributed by atoms with Gasteiger partial charge >= 0.3 is 5.97 Å². The molecule has 1 aromatic heterocycles. The number of esters is 1. The lowest BCUT2D eigenvalue weighted by Gasteiger charge is -2.15. The van der Waals surface area contributed by atoms with Crippen molar-refractivity contribution in [3.8, 4) is 5.69 Å². The van der Waals surface area contributed by atoms with E-state index >= 15 is 0 Å². The van der Waals surface area contributed by atoms with Crippen molar-refractivity contribution in [3.63, 3.8) is 0 Å². The Kier molecular flexibility index (Phi) is 5.30. The van der Waals surface area contributed by atoms with Crippen LogP contribution in [-0.2, 0) is 9.53 Å². The number of ether oxygens (including phenoxy) is 1. The number of anilines is 1. The zero-order valence-electron chi connectivity index (χ0n) is 16.7. The Labute approximate surface area is 174 Å². The smallest absolute Gasteiger partial charge is 0.338 e. The van der Waals surface area contributed by atoms with Gasteiger partial charge in [-0.1, -0.05) is 36.4 Å². The Balaban J connectivity index is 1.43. The third kappa shape index (κ3) is 3.93. The minimum Gasteiger partial charge on any atom is -0.449 e. The molecular formula is C24H21N3O3. The van der Waals surface area contributed by atoms with Crippen LogP contribution in [0.15, 0.2) is 79.0 Å². The van der Waals surface area contributed by atoms with E-state index in [-0.39, 0.29) is 5.91 Å². The average Bonchev–Trinajstić information content (AvgIpc) is 3.20. The molecule has 0 saturated heterocycles. The Hall–Kier alpha value is -3.93. The van der Waals surface area contributed by atoms with E-state index in [1.165, 1.54) is 0 Å². The Morgan fingerprint density at radius 1 is 0.967 bits per heavy atom. The molecule has 30 heavy (non-hydrogen) atoms. The molecule has 1 amide bonds. The second kappa shape index (κ2) is 8.21. The Morgan fingerprint density at radius 3 is 2.43 bits per heavy atom. The topological polar surface area (TPSA) is 73.2 Å². The summed E-state index contributed by atoms with van der Waals surface area (Å²) in [6.45, 7) is 3.51. The van der Waals surface area contributed by atoms with Crippen molar-refractivity contribution in [2.24, 2.45) is 0 Å². The van der Waals surface area contributed by atoms with Gasteiger partial charge in [0.05, 0.1) is 11.3 Å². The molecule has 0 unspecified atom stereocenters. The monoisotopic (exact) mass is 399 g/mol. The van der Waals surface area contributed by atoms with E-state index in [0.29, 0.717) is 11.3 Å². The van der Waals surface area contributed by atoms with E-state index in [9.17, 15) is 9.59 Å². The van der Waals surface area contributed by atoms with Gasteiger partial charge in [-0.25, -0.2) is 9.48 Å². The number of benzene rings is 3. The van der Waals surface area contributed by atoms with Crippen LogP contribution in [0, 0.1) is 6.92 Å². The van der Waals surface area contributed by atoms with Gasteiger partial charge in [-0.3, -0.25) is 4.79 Å². The van der Waals surface area contributed by atoms with Gasteiger partial charge in [0.15, 0.2) is 6.10 Å². The van der Waals surface area contributed by atoms with Crippen LogP contribution in [0.5, 0.6) is 0 Å². The van der Waals surface area contributed by atoms with E-state index < -0.39 is 12.1 Å². The highest BCUT2D eigenvalue weighted by Gasteiger charge is 2.20. The molecule has 0 aliphatic carbocycles. The lowest BCUT2D eigenvalue weighted by Crippen LogP contribution is -2.30. The number of hydrogen-bond acceptors (Lipinski definition) is 4. The van der Waals surface area contributed by atoms with Gasteiger partial charge in [0.2, 0.25) is 0 Å². The highest BCUT2D eigenvalue weighted by atomic mass is 16.5. The van der Waals surface area contributed by atoms with Crippen LogP contribution in [0.3, 0.4) is 0 Å². The molecule has 6 nitrogen and oxygen atoms in total. The van der Waals surface area contributed by atoms with E-state index in [0.717, 1.165) is 22.2 Å². The Bertz CT molecular complexity index is 1210. The average molecular weight is 399 g/mol. The fourth-order valence-electron chi connectivity index (χ4n) is 3.23. The summed E-state index contributed by atoms with van der Waals surface area (Å²) in [5.41, 5.74) is 2.88. The largest absolute Gasteiger partial charge is 0.449 e. The molecule has 0 saturated carbocycles. The zero-order valence-corrected chi connectivity index (χ0v) is 16.7. The molecule has 0 aliphatic heterocycles. The zero-order chi connectivity index (χ0) is 21.1. The fourth-order valence-corrected chi connectivity index (χ4v) is 3.23. The second-order valence-electron chi connectivity index (χ2n) is 6.99. The maximum atomic E-state index is 12.6. The van der Waals surface area contributed by atoms with Crippen LogP contribution >= 0.6 is 0 Å². The molecule has 0 spiro atoms. The second-order valence-corrected chi connectivity index (χ2v) is 6.99. The Morgan fingerprint density at radius 2 is 1.70 bits per heavy atom. The number of nitrogens with one attached hydrogen (secondary N) is 1. The van der Waals surface area contributed by atoms with Crippen LogP contribution in [0.2, 0.25) is 0 Å². The number of amides is 1. The van der Waals surface area contributed by atoms with Gasteiger partial charge < -0.3 is 10.1 Å². The van der Waals surface area contributed by atoms with Gasteiger partial charge in [-0.15, -0.1) is 0 Å². The number of aryl methyl sites for hydroxylation is 1. The van der Waals surface area contributed by atoms with Crippen LogP contribution in [-0.4, -0.2) is 27.8 Å². The molecule has 4 aromatic rings. The summed E-state index contributed by atoms with van der Waals surface area (Å²) in [5.74, 6) is -0.942. The fraction of sp³-hybridized carbons (Fsp3) is 0.125. The molecule has 1 atom stereocenters. The number of hydrogen-bond donors (Lipinski definition) is 1. The van der Waals surface area contributed by atoms with Crippen molar-refractivity contribution < 1.29 is 14.3 Å². The standard InChI is InChI=1S/C24H21N3O3/c1-16-14-15-25-27(16)20-12-10-19(11-13-20)24(29)30-17(2)23(28)26-22-9-5-7-18-6-3-4-8-21(18)22/h3-15,17H,1-2H3,(H,26,28)/t17-/m1/s1. The number of aromatic nitrogens is 2. The normalized spacial score (nSPS) is 11.8. The van der Waals surface area contributed by atoms with Crippen LogP contribution in [0.25, 0.3) is 16.5 Å². The summed E-state index contributed by atoms with van der Waals surface area (Å²) < 4.78 is 7.14. The summed E-state index contributed by atoms with van der Waals surface area (Å²) in [4.78, 5) is 25.0. The van der Waals surface area contributed by atoms with Gasteiger partial charge in [-0.2, -0.15) is 5.10 Å². The highest BCUT2D eigenvalue weighted by molar-refractivity contribution is 6.04. The highest BCUT2D eigenvalue weighted by Crippen LogP contribution is 2.23. The van der Waals surface area contributed by atoms with E-state index in [1.807, 2.05) is 55.5 Å². The van der Waals surface area contributed by atoms with E-state index in [4.69, 9.17) is 4.74 Å². The van der Waals surface area contributed by atoms with Crippen LogP contribution < -0.4 is 5.32 Å². The predicted octanol–water partition coefficient (Wildman–Crippen LogP) is 4.52. The third-order valence-corrected chi connectivity index (χ3v) is 4.88. The maximum Gasteiger partial charge on any atom is 0.338 e. The minimum absolute atomic E-state index is 0.369. The molecular weight excluding hydrogens is 378 g/mol. The van der Waals surface area contributed by atoms with Gasteiger partial charge in [-0.05, 0) is 55.6 Å².